The van der Waals surface area contributed by atoms with E-state index in [0.717, 1.165) is 37.3 Å². The van der Waals surface area contributed by atoms with Crippen molar-refractivity contribution in [1.82, 2.24) is 25.4 Å². The van der Waals surface area contributed by atoms with Crippen molar-refractivity contribution < 1.29 is 9.59 Å². The summed E-state index contributed by atoms with van der Waals surface area (Å²) in [7, 11) is 1.75. The first-order chi connectivity index (χ1) is 12.5. The lowest BCUT2D eigenvalue weighted by atomic mass is 9.98. The third kappa shape index (κ3) is 4.26. The van der Waals surface area contributed by atoms with Gasteiger partial charge in [0.2, 0.25) is 11.9 Å². The van der Waals surface area contributed by atoms with E-state index in [2.05, 4.69) is 26.0 Å². The Bertz CT molecular complexity index is 795. The maximum atomic E-state index is 12.2. The zero-order valence-electron chi connectivity index (χ0n) is 15.1. The van der Waals surface area contributed by atoms with Gasteiger partial charge >= 0.3 is 0 Å². The standard InChI is InChI=1S/C18H24N6O2/c1-12-5-3-4-6-14(12)17(26)20-11-15(25)21-18-22-16(23-24(18)2)13-7-9-19-10-8-13/h3-6,13,19H,7-11H2,1-2H3,(H,20,26)(H,21,22,23,25). The van der Waals surface area contributed by atoms with Gasteiger partial charge in [0.05, 0.1) is 6.54 Å². The van der Waals surface area contributed by atoms with Crippen molar-refractivity contribution in [2.75, 3.05) is 25.0 Å². The van der Waals surface area contributed by atoms with Gasteiger partial charge in [-0.25, -0.2) is 4.68 Å². The first-order valence-corrected chi connectivity index (χ1v) is 8.80. The number of piperidine rings is 1. The number of carbonyl (C=O) groups excluding carboxylic acids is 2. The Labute approximate surface area is 152 Å². The lowest BCUT2D eigenvalue weighted by Crippen LogP contribution is -2.33. The minimum absolute atomic E-state index is 0.122. The van der Waals surface area contributed by atoms with Crippen molar-refractivity contribution in [3.8, 4) is 0 Å². The number of hydrogen-bond donors (Lipinski definition) is 3. The summed E-state index contributed by atoms with van der Waals surface area (Å²) in [5.74, 6) is 0.863. The predicted octanol–water partition coefficient (Wildman–Crippen LogP) is 0.959. The van der Waals surface area contributed by atoms with Gasteiger partial charge in [-0.15, -0.1) is 0 Å². The molecule has 3 N–H and O–H groups in total. The molecule has 138 valence electrons. The van der Waals surface area contributed by atoms with Crippen molar-refractivity contribution in [2.24, 2.45) is 7.05 Å². The fraction of sp³-hybridized carbons (Fsp3) is 0.444. The van der Waals surface area contributed by atoms with Crippen LogP contribution in [-0.2, 0) is 11.8 Å². The second-order valence-electron chi connectivity index (χ2n) is 6.49. The molecule has 1 fully saturated rings. The molecule has 8 heteroatoms. The molecule has 0 unspecified atom stereocenters. The topological polar surface area (TPSA) is 101 Å². The summed E-state index contributed by atoms with van der Waals surface area (Å²) in [5.41, 5.74) is 1.43. The zero-order valence-corrected chi connectivity index (χ0v) is 15.1. The van der Waals surface area contributed by atoms with E-state index in [1.807, 2.05) is 19.1 Å². The monoisotopic (exact) mass is 356 g/mol. The van der Waals surface area contributed by atoms with Crippen molar-refractivity contribution >= 4 is 17.8 Å². The largest absolute Gasteiger partial charge is 0.343 e. The molecular weight excluding hydrogens is 332 g/mol. The van der Waals surface area contributed by atoms with E-state index in [1.165, 1.54) is 0 Å². The Kier molecular flexibility index (Phi) is 5.62. The zero-order chi connectivity index (χ0) is 18.5. The highest BCUT2D eigenvalue weighted by atomic mass is 16.2. The molecule has 0 radical (unpaired) electrons. The lowest BCUT2D eigenvalue weighted by molar-refractivity contribution is -0.115. The minimum Gasteiger partial charge on any atom is -0.343 e. The van der Waals surface area contributed by atoms with Crippen LogP contribution in [0.2, 0.25) is 0 Å². The molecule has 1 aromatic heterocycles. The molecule has 1 aliphatic rings. The normalized spacial score (nSPS) is 14.8. The van der Waals surface area contributed by atoms with Crippen LogP contribution < -0.4 is 16.0 Å². The van der Waals surface area contributed by atoms with Crippen LogP contribution >= 0.6 is 0 Å². The molecule has 2 aromatic rings. The maximum absolute atomic E-state index is 12.2. The van der Waals surface area contributed by atoms with Gasteiger partial charge in [-0.2, -0.15) is 10.1 Å². The number of rotatable bonds is 5. The molecule has 26 heavy (non-hydrogen) atoms. The van der Waals surface area contributed by atoms with Crippen LogP contribution in [-0.4, -0.2) is 46.2 Å². The Hall–Kier alpha value is -2.74. The quantitative estimate of drug-likeness (QED) is 0.741. The predicted molar refractivity (Wildman–Crippen MR) is 98.0 cm³/mol. The summed E-state index contributed by atoms with van der Waals surface area (Å²) >= 11 is 0. The van der Waals surface area contributed by atoms with Crippen molar-refractivity contribution in [3.63, 3.8) is 0 Å². The average Bonchev–Trinajstić information content (AvgIpc) is 3.01. The number of hydrogen-bond acceptors (Lipinski definition) is 5. The third-order valence-electron chi connectivity index (χ3n) is 4.53. The van der Waals surface area contributed by atoms with Gasteiger partial charge in [0.1, 0.15) is 0 Å². The molecule has 0 spiro atoms. The van der Waals surface area contributed by atoms with Crippen LogP contribution in [0, 0.1) is 6.92 Å². The number of aryl methyl sites for hydroxylation is 2. The number of carbonyl (C=O) groups is 2. The van der Waals surface area contributed by atoms with Crippen molar-refractivity contribution in [2.45, 2.75) is 25.7 Å². The molecule has 3 rings (SSSR count). The number of nitrogens with one attached hydrogen (secondary N) is 3. The molecular formula is C18H24N6O2. The van der Waals surface area contributed by atoms with E-state index in [-0.39, 0.29) is 18.4 Å². The van der Waals surface area contributed by atoms with E-state index in [1.54, 1.807) is 23.9 Å². The Balaban J connectivity index is 1.56. The second-order valence-corrected chi connectivity index (χ2v) is 6.49. The molecule has 0 saturated carbocycles. The summed E-state index contributed by atoms with van der Waals surface area (Å²) in [6, 6.07) is 7.25. The Morgan fingerprint density at radius 1 is 1.27 bits per heavy atom. The van der Waals surface area contributed by atoms with Crippen LogP contribution in [0.25, 0.3) is 0 Å². The average molecular weight is 356 g/mol. The van der Waals surface area contributed by atoms with Gasteiger partial charge in [-0.1, -0.05) is 18.2 Å². The summed E-state index contributed by atoms with van der Waals surface area (Å²) < 4.78 is 1.57. The fourth-order valence-electron chi connectivity index (χ4n) is 3.02. The second kappa shape index (κ2) is 8.09. The summed E-state index contributed by atoms with van der Waals surface area (Å²) in [6.07, 6.45) is 1.98. The van der Waals surface area contributed by atoms with Crippen LogP contribution in [0.4, 0.5) is 5.95 Å². The number of aromatic nitrogens is 3. The molecule has 0 bridgehead atoms. The van der Waals surface area contributed by atoms with E-state index in [0.29, 0.717) is 17.4 Å². The Morgan fingerprint density at radius 3 is 2.73 bits per heavy atom. The van der Waals surface area contributed by atoms with Crippen molar-refractivity contribution in [1.29, 1.82) is 0 Å². The summed E-state index contributed by atoms with van der Waals surface area (Å²) in [6.45, 7) is 3.64. The first kappa shape index (κ1) is 18.1. The van der Waals surface area contributed by atoms with E-state index < -0.39 is 0 Å². The fourth-order valence-corrected chi connectivity index (χ4v) is 3.02. The van der Waals surface area contributed by atoms with E-state index in [4.69, 9.17) is 0 Å². The lowest BCUT2D eigenvalue weighted by Gasteiger charge is -2.19. The van der Waals surface area contributed by atoms with E-state index in [9.17, 15) is 9.59 Å². The number of benzene rings is 1. The summed E-state index contributed by atoms with van der Waals surface area (Å²) in [4.78, 5) is 28.8. The molecule has 1 saturated heterocycles. The minimum atomic E-state index is -0.334. The number of amides is 2. The van der Waals surface area contributed by atoms with Crippen LogP contribution in [0.5, 0.6) is 0 Å². The van der Waals surface area contributed by atoms with Gasteiger partial charge in [-0.05, 0) is 44.5 Å². The summed E-state index contributed by atoms with van der Waals surface area (Å²) in [5, 5.41) is 13.1. The van der Waals surface area contributed by atoms with Crippen molar-refractivity contribution in [3.05, 3.63) is 41.2 Å². The molecule has 2 heterocycles. The maximum Gasteiger partial charge on any atom is 0.251 e. The first-order valence-electron chi connectivity index (χ1n) is 8.80. The molecule has 0 atom stereocenters. The number of nitrogens with zero attached hydrogens (tertiary/aromatic N) is 3. The number of anilines is 1. The van der Waals surface area contributed by atoms with Gasteiger partial charge in [0.15, 0.2) is 5.82 Å². The molecule has 8 nitrogen and oxygen atoms in total. The SMILES string of the molecule is Cc1ccccc1C(=O)NCC(=O)Nc1nc(C2CCNCC2)nn1C. The third-order valence-corrected chi connectivity index (χ3v) is 4.53. The highest BCUT2D eigenvalue weighted by molar-refractivity contribution is 5.99. The smallest absolute Gasteiger partial charge is 0.251 e. The highest BCUT2D eigenvalue weighted by Gasteiger charge is 2.21. The van der Waals surface area contributed by atoms with Crippen LogP contribution in [0.1, 0.15) is 40.5 Å². The molecule has 1 aromatic carbocycles. The molecule has 1 aliphatic heterocycles. The highest BCUT2D eigenvalue weighted by Crippen LogP contribution is 2.23. The molecule has 0 aliphatic carbocycles. The van der Waals surface area contributed by atoms with Crippen LogP contribution in [0.3, 0.4) is 0 Å². The van der Waals surface area contributed by atoms with E-state index >= 15 is 0 Å². The Morgan fingerprint density at radius 2 is 2.00 bits per heavy atom. The van der Waals surface area contributed by atoms with Gasteiger partial charge in [-0.3, -0.25) is 14.9 Å². The van der Waals surface area contributed by atoms with Gasteiger partial charge in [0, 0.05) is 18.5 Å². The molecule has 2 amide bonds. The van der Waals surface area contributed by atoms with Gasteiger partial charge < -0.3 is 10.6 Å². The van der Waals surface area contributed by atoms with Crippen LogP contribution in [0.15, 0.2) is 24.3 Å². The van der Waals surface area contributed by atoms with Gasteiger partial charge in [0.25, 0.3) is 5.91 Å².